The summed E-state index contributed by atoms with van der Waals surface area (Å²) < 4.78 is 0.580. The molecule has 0 heterocycles. The lowest BCUT2D eigenvalue weighted by Gasteiger charge is -2.59. The van der Waals surface area contributed by atoms with Gasteiger partial charge in [0.1, 0.15) is 16.4 Å². The smallest absolute Gasteiger partial charge is 0.150 e. The average molecular weight is 500 g/mol. The highest BCUT2D eigenvalue weighted by Gasteiger charge is 2.61. The molecule has 3 N–H and O–H groups in total. The molecule has 4 atom stereocenters. The highest BCUT2D eigenvalue weighted by Crippen LogP contribution is 2.63. The summed E-state index contributed by atoms with van der Waals surface area (Å²) in [5, 5.41) is 34.2. The van der Waals surface area contributed by atoms with Crippen molar-refractivity contribution in [2.45, 2.75) is 62.6 Å². The van der Waals surface area contributed by atoms with Gasteiger partial charge in [-0.25, -0.2) is 0 Å². The number of halogens is 3. The number of phenols is 1. The normalized spacial score (nSPS) is 33.8. The molecule has 1 saturated carbocycles. The monoisotopic (exact) mass is 498 g/mol. The molecule has 6 heteroatoms. The van der Waals surface area contributed by atoms with Crippen molar-refractivity contribution in [2.24, 2.45) is 5.92 Å². The average Bonchev–Trinajstić information content (AvgIpc) is 2.71. The van der Waals surface area contributed by atoms with Crippen LogP contribution in [0.15, 0.2) is 34.8 Å². The Bertz CT molecular complexity index is 963. The molecule has 3 nitrogen and oxygen atoms in total. The van der Waals surface area contributed by atoms with Crippen molar-refractivity contribution in [3.05, 3.63) is 61.5 Å². The summed E-state index contributed by atoms with van der Waals surface area (Å²) in [6.45, 7) is 3.81. The topological polar surface area (TPSA) is 60.7 Å². The zero-order chi connectivity index (χ0) is 21.2. The first kappa shape index (κ1) is 21.5. The van der Waals surface area contributed by atoms with Crippen LogP contribution in [0.4, 0.5) is 0 Å². The van der Waals surface area contributed by atoms with Crippen LogP contribution < -0.4 is 0 Å². The summed E-state index contributed by atoms with van der Waals surface area (Å²) >= 11 is 16.6. The number of phenolic OH excluding ortho intramolecular Hbond substituents is 1. The van der Waals surface area contributed by atoms with Crippen LogP contribution in [0.1, 0.15) is 56.2 Å². The maximum Gasteiger partial charge on any atom is 0.150 e. The van der Waals surface area contributed by atoms with E-state index in [0.717, 1.165) is 36.0 Å². The first-order valence-electron chi connectivity index (χ1n) is 9.98. The van der Waals surface area contributed by atoms with Crippen LogP contribution >= 0.6 is 39.1 Å². The molecule has 0 bridgehead atoms. The van der Waals surface area contributed by atoms with E-state index in [-0.39, 0.29) is 16.7 Å². The van der Waals surface area contributed by atoms with E-state index in [0.29, 0.717) is 22.3 Å². The van der Waals surface area contributed by atoms with Crippen molar-refractivity contribution in [3.63, 3.8) is 0 Å². The van der Waals surface area contributed by atoms with Gasteiger partial charge in [-0.05, 0) is 77.6 Å². The van der Waals surface area contributed by atoms with Crippen LogP contribution in [0.25, 0.3) is 0 Å². The maximum atomic E-state index is 11.7. The van der Waals surface area contributed by atoms with E-state index in [1.807, 2.05) is 30.3 Å². The maximum absolute atomic E-state index is 11.7. The molecule has 0 amide bonds. The fraction of sp³-hybridized carbons (Fsp3) is 0.478. The lowest BCUT2D eigenvalue weighted by Crippen LogP contribution is -2.62. The van der Waals surface area contributed by atoms with Crippen LogP contribution in [0.5, 0.6) is 5.75 Å². The van der Waals surface area contributed by atoms with Gasteiger partial charge in [0.2, 0.25) is 0 Å². The van der Waals surface area contributed by atoms with Gasteiger partial charge >= 0.3 is 0 Å². The van der Waals surface area contributed by atoms with Gasteiger partial charge in [0.25, 0.3) is 0 Å². The number of rotatable bonds is 2. The molecule has 0 aromatic heterocycles. The molecule has 0 saturated heterocycles. The highest BCUT2D eigenvalue weighted by molar-refractivity contribution is 9.10. The predicted octanol–water partition coefficient (Wildman–Crippen LogP) is 6.10. The molecular weight excluding hydrogens is 475 g/mol. The van der Waals surface area contributed by atoms with Gasteiger partial charge < -0.3 is 15.3 Å². The molecule has 156 valence electrons. The molecule has 2 aliphatic carbocycles. The van der Waals surface area contributed by atoms with E-state index in [1.165, 1.54) is 0 Å². The molecule has 2 aromatic rings. The van der Waals surface area contributed by atoms with Gasteiger partial charge in [-0.1, -0.05) is 60.5 Å². The molecule has 29 heavy (non-hydrogen) atoms. The largest absolute Gasteiger partial charge is 0.505 e. The lowest BCUT2D eigenvalue weighted by atomic mass is 9.49. The Labute approximate surface area is 189 Å². The van der Waals surface area contributed by atoms with Crippen LogP contribution in [0.2, 0.25) is 10.0 Å². The van der Waals surface area contributed by atoms with Crippen LogP contribution in [0.3, 0.4) is 0 Å². The van der Waals surface area contributed by atoms with E-state index in [1.54, 1.807) is 6.92 Å². The SMILES string of the molecule is CCC12CC(C)(O)C(O)(c3ccccc3)CC1CCc1c(Br)c(O)c(Cl)c(Cl)c12. The molecule has 0 spiro atoms. The van der Waals surface area contributed by atoms with Crippen LogP contribution in [-0.2, 0) is 17.4 Å². The zero-order valence-electron chi connectivity index (χ0n) is 16.5. The van der Waals surface area contributed by atoms with Gasteiger partial charge in [-0.3, -0.25) is 0 Å². The summed E-state index contributed by atoms with van der Waals surface area (Å²) in [5.74, 6) is 0.0823. The van der Waals surface area contributed by atoms with E-state index < -0.39 is 16.6 Å². The third kappa shape index (κ3) is 2.90. The van der Waals surface area contributed by atoms with Crippen molar-refractivity contribution >= 4 is 39.1 Å². The Balaban J connectivity index is 1.92. The minimum absolute atomic E-state index is 0.0384. The summed E-state index contributed by atoms with van der Waals surface area (Å²) in [6.07, 6.45) is 3.09. The van der Waals surface area contributed by atoms with Crippen molar-refractivity contribution < 1.29 is 15.3 Å². The van der Waals surface area contributed by atoms with Crippen molar-refractivity contribution in [2.75, 3.05) is 0 Å². The number of aliphatic hydroxyl groups is 2. The number of hydrogen-bond acceptors (Lipinski definition) is 3. The Hall–Kier alpha value is -0.780. The molecule has 1 fully saturated rings. The second-order valence-electron chi connectivity index (χ2n) is 8.77. The first-order valence-corrected chi connectivity index (χ1v) is 11.5. The van der Waals surface area contributed by atoms with E-state index in [4.69, 9.17) is 23.2 Å². The summed E-state index contributed by atoms with van der Waals surface area (Å²) in [5.41, 5.74) is -0.556. The van der Waals surface area contributed by atoms with Crippen molar-refractivity contribution in [1.29, 1.82) is 0 Å². The van der Waals surface area contributed by atoms with Gasteiger partial charge in [0.05, 0.1) is 15.1 Å². The molecule has 0 radical (unpaired) electrons. The fourth-order valence-corrected chi connectivity index (χ4v) is 7.14. The van der Waals surface area contributed by atoms with E-state index in [2.05, 4.69) is 22.9 Å². The number of hydrogen-bond donors (Lipinski definition) is 3. The molecule has 0 aliphatic heterocycles. The van der Waals surface area contributed by atoms with Gasteiger partial charge in [0, 0.05) is 5.41 Å². The quantitative estimate of drug-likeness (QED) is 0.437. The second-order valence-corrected chi connectivity index (χ2v) is 10.3. The number of aromatic hydroxyl groups is 1. The molecular formula is C23H25BrCl2O3. The minimum Gasteiger partial charge on any atom is -0.505 e. The molecule has 4 unspecified atom stereocenters. The molecule has 2 aliphatic rings. The lowest BCUT2D eigenvalue weighted by molar-refractivity contribution is -0.205. The molecule has 4 rings (SSSR count). The van der Waals surface area contributed by atoms with Crippen molar-refractivity contribution in [3.8, 4) is 5.75 Å². The van der Waals surface area contributed by atoms with E-state index >= 15 is 0 Å². The summed E-state index contributed by atoms with van der Waals surface area (Å²) in [6, 6.07) is 9.43. The molecule has 2 aromatic carbocycles. The number of benzene rings is 2. The van der Waals surface area contributed by atoms with Crippen LogP contribution in [0, 0.1) is 5.92 Å². The fourth-order valence-electron chi connectivity index (χ4n) is 5.85. The Morgan fingerprint density at radius 2 is 1.79 bits per heavy atom. The van der Waals surface area contributed by atoms with Gasteiger partial charge in [-0.2, -0.15) is 0 Å². The summed E-state index contributed by atoms with van der Waals surface area (Å²) in [4.78, 5) is 0. The number of fused-ring (bicyclic) bond motifs is 3. The second kappa shape index (κ2) is 7.13. The first-order chi connectivity index (χ1) is 13.6. The standard InChI is InChI=1S/C23H25BrCl2O3/c1-3-22-12-21(2,28)23(29,13-7-5-4-6-8-13)11-14(22)9-10-15-16(22)18(25)19(26)20(27)17(15)24/h4-8,14,27-29H,3,9-12H2,1-2H3. The highest BCUT2D eigenvalue weighted by atomic mass is 79.9. The third-order valence-corrected chi connectivity index (χ3v) is 9.09. The van der Waals surface area contributed by atoms with Gasteiger partial charge in [-0.15, -0.1) is 0 Å². The Kier molecular flexibility index (Phi) is 5.28. The zero-order valence-corrected chi connectivity index (χ0v) is 19.6. The predicted molar refractivity (Wildman–Crippen MR) is 120 cm³/mol. The van der Waals surface area contributed by atoms with E-state index in [9.17, 15) is 15.3 Å². The van der Waals surface area contributed by atoms with Crippen molar-refractivity contribution in [1.82, 2.24) is 0 Å². The van der Waals surface area contributed by atoms with Crippen LogP contribution in [-0.4, -0.2) is 20.9 Å². The summed E-state index contributed by atoms with van der Waals surface area (Å²) in [7, 11) is 0. The third-order valence-electron chi connectivity index (χ3n) is 7.39. The Morgan fingerprint density at radius 1 is 1.14 bits per heavy atom. The van der Waals surface area contributed by atoms with Gasteiger partial charge in [0.15, 0.2) is 0 Å². The Morgan fingerprint density at radius 3 is 2.41 bits per heavy atom. The minimum atomic E-state index is -1.37.